The highest BCUT2D eigenvalue weighted by molar-refractivity contribution is 7.88. The molecule has 0 atom stereocenters. The van der Waals surface area contributed by atoms with E-state index in [-0.39, 0.29) is 0 Å². The Morgan fingerprint density at radius 3 is 2.46 bits per heavy atom. The van der Waals surface area contributed by atoms with E-state index in [1.165, 1.54) is 16.1 Å². The van der Waals surface area contributed by atoms with Gasteiger partial charge in [0.2, 0.25) is 10.0 Å². The van der Waals surface area contributed by atoms with Crippen molar-refractivity contribution in [2.24, 2.45) is 0 Å². The van der Waals surface area contributed by atoms with Crippen molar-refractivity contribution in [3.05, 3.63) is 48.2 Å². The van der Waals surface area contributed by atoms with E-state index in [1.54, 1.807) is 16.0 Å². The summed E-state index contributed by atoms with van der Waals surface area (Å²) in [4.78, 5) is 14.4. The van der Waals surface area contributed by atoms with E-state index in [4.69, 9.17) is 19.8 Å². The Kier molecular flexibility index (Phi) is 6.35. The Morgan fingerprint density at radius 1 is 0.946 bits per heavy atom. The average molecular weight is 540 g/mol. The molecule has 12 heteroatoms. The zero-order valence-electron chi connectivity index (χ0n) is 20.9. The molecule has 0 bridgehead atoms. The molecule has 4 aromatic rings. The number of thiophene rings is 1. The Morgan fingerprint density at radius 2 is 1.73 bits per heavy atom. The molecule has 6 rings (SSSR count). The first kappa shape index (κ1) is 24.3. The fourth-order valence-electron chi connectivity index (χ4n) is 4.77. The fraction of sp³-hybridized carbons (Fsp3) is 0.400. The molecule has 0 unspecified atom stereocenters. The van der Waals surface area contributed by atoms with Gasteiger partial charge in [-0.1, -0.05) is 23.8 Å². The number of benzene rings is 1. The lowest BCUT2D eigenvalue weighted by Gasteiger charge is -2.33. The average Bonchev–Trinajstić information content (AvgIpc) is 3.56. The van der Waals surface area contributed by atoms with E-state index in [9.17, 15) is 8.42 Å². The van der Waals surface area contributed by atoms with Crippen molar-refractivity contribution in [2.75, 3.05) is 68.5 Å². The van der Waals surface area contributed by atoms with E-state index >= 15 is 0 Å². The van der Waals surface area contributed by atoms with Crippen LogP contribution in [0.5, 0.6) is 0 Å². The van der Waals surface area contributed by atoms with Gasteiger partial charge in [-0.3, -0.25) is 0 Å². The summed E-state index contributed by atoms with van der Waals surface area (Å²) in [6.07, 6.45) is 3.17. The molecule has 194 valence electrons. The van der Waals surface area contributed by atoms with Crippen molar-refractivity contribution >= 4 is 42.4 Å². The number of aryl methyl sites for hydroxylation is 1. The maximum atomic E-state index is 11.9. The molecule has 2 aliphatic heterocycles. The quantitative estimate of drug-likeness (QED) is 0.382. The second-order valence-electron chi connectivity index (χ2n) is 9.41. The molecule has 0 aliphatic carbocycles. The lowest BCUT2D eigenvalue weighted by molar-refractivity contribution is 0.122. The third-order valence-corrected chi connectivity index (χ3v) is 9.25. The molecule has 3 aromatic heterocycles. The summed E-state index contributed by atoms with van der Waals surface area (Å²) in [6.45, 7) is 7.17. The highest BCUT2D eigenvalue weighted by Crippen LogP contribution is 2.38. The lowest BCUT2D eigenvalue weighted by Crippen LogP contribution is -2.48. The van der Waals surface area contributed by atoms with Crippen LogP contribution >= 0.6 is 11.3 Å². The Hall–Kier alpha value is -3.06. The summed E-state index contributed by atoms with van der Waals surface area (Å²) in [5, 5.41) is 5.87. The maximum Gasteiger partial charge on any atom is 0.253 e. The molecule has 0 saturated carbocycles. The highest BCUT2D eigenvalue weighted by atomic mass is 32.2. The van der Waals surface area contributed by atoms with Crippen molar-refractivity contribution in [2.45, 2.75) is 6.92 Å². The predicted molar refractivity (Wildman–Crippen MR) is 146 cm³/mol. The van der Waals surface area contributed by atoms with Gasteiger partial charge >= 0.3 is 0 Å². The first-order valence-electron chi connectivity index (χ1n) is 12.3. The highest BCUT2D eigenvalue weighted by Gasteiger charge is 2.26. The van der Waals surface area contributed by atoms with Crippen LogP contribution in [0.2, 0.25) is 0 Å². The molecular formula is C25H29N7O3S2. The largest absolute Gasteiger partial charge is 0.378 e. The summed E-state index contributed by atoms with van der Waals surface area (Å²) in [5.41, 5.74) is 3.97. The molecule has 1 aromatic carbocycles. The number of hydrogen-bond donors (Lipinski definition) is 0. The van der Waals surface area contributed by atoms with Crippen molar-refractivity contribution in [3.63, 3.8) is 0 Å². The molecule has 2 aliphatic rings. The summed E-state index contributed by atoms with van der Waals surface area (Å²) >= 11 is 1.66. The van der Waals surface area contributed by atoms with Crippen LogP contribution in [0, 0.1) is 6.92 Å². The number of anilines is 2. The van der Waals surface area contributed by atoms with Gasteiger partial charge in [-0.25, -0.2) is 18.1 Å². The number of piperazine rings is 1. The molecule has 0 spiro atoms. The molecule has 0 amide bonds. The van der Waals surface area contributed by atoms with Crippen LogP contribution in [0.1, 0.15) is 5.56 Å². The number of nitrogens with zero attached hydrogens (tertiary/aromatic N) is 7. The van der Waals surface area contributed by atoms with E-state index in [1.807, 2.05) is 18.3 Å². The van der Waals surface area contributed by atoms with Crippen molar-refractivity contribution < 1.29 is 13.2 Å². The number of aromatic nitrogens is 4. The minimum atomic E-state index is -3.17. The van der Waals surface area contributed by atoms with E-state index in [2.05, 4.69) is 41.0 Å². The molecule has 5 heterocycles. The zero-order chi connectivity index (χ0) is 25.6. The monoisotopic (exact) mass is 539 g/mol. The molecule has 10 nitrogen and oxygen atoms in total. The van der Waals surface area contributed by atoms with Gasteiger partial charge in [0.25, 0.3) is 5.95 Å². The van der Waals surface area contributed by atoms with Crippen LogP contribution < -0.4 is 9.80 Å². The Labute approximate surface area is 220 Å². The Balaban J connectivity index is 1.37. The molecular weight excluding hydrogens is 510 g/mol. The van der Waals surface area contributed by atoms with E-state index in [0.29, 0.717) is 45.3 Å². The van der Waals surface area contributed by atoms with Crippen LogP contribution in [0.3, 0.4) is 0 Å². The smallest absolute Gasteiger partial charge is 0.253 e. The zero-order valence-corrected chi connectivity index (χ0v) is 22.5. The van der Waals surface area contributed by atoms with E-state index in [0.717, 1.165) is 45.4 Å². The van der Waals surface area contributed by atoms with Crippen LogP contribution in [-0.4, -0.2) is 91.2 Å². The van der Waals surface area contributed by atoms with Gasteiger partial charge in [-0.15, -0.1) is 11.3 Å². The maximum absolute atomic E-state index is 11.9. The Bertz CT molecular complexity index is 1530. The summed E-state index contributed by atoms with van der Waals surface area (Å²) in [5.74, 6) is 1.42. The predicted octanol–water partition coefficient (Wildman–Crippen LogP) is 2.77. The van der Waals surface area contributed by atoms with Gasteiger partial charge in [0.1, 0.15) is 0 Å². The summed E-state index contributed by atoms with van der Waals surface area (Å²) in [7, 11) is -3.17. The molecule has 0 radical (unpaired) electrons. The number of ether oxygens (including phenoxy) is 1. The second-order valence-corrected chi connectivity index (χ2v) is 12.4. The van der Waals surface area contributed by atoms with Crippen LogP contribution in [0.25, 0.3) is 27.4 Å². The normalized spacial score (nSPS) is 17.6. The van der Waals surface area contributed by atoms with Crippen LogP contribution in [-0.2, 0) is 14.8 Å². The number of fused-ring (bicyclic) bond motifs is 1. The van der Waals surface area contributed by atoms with Crippen molar-refractivity contribution in [3.8, 4) is 17.2 Å². The summed E-state index contributed by atoms with van der Waals surface area (Å²) < 4.78 is 33.8. The van der Waals surface area contributed by atoms with E-state index < -0.39 is 10.0 Å². The second kappa shape index (κ2) is 9.67. The number of rotatable bonds is 5. The van der Waals surface area contributed by atoms with Gasteiger partial charge in [0.05, 0.1) is 40.4 Å². The number of sulfonamides is 1. The van der Waals surface area contributed by atoms with Gasteiger partial charge in [-0.2, -0.15) is 14.4 Å². The molecule has 37 heavy (non-hydrogen) atoms. The SMILES string of the molecule is Cc1cccc(-c2ccn(-c3nc(N4CCOCC4)c4sc(N5CCN(S(C)(=O)=O)CC5)cc4n3)n2)c1. The minimum absolute atomic E-state index is 0.482. The first-order valence-corrected chi connectivity index (χ1v) is 15.0. The lowest BCUT2D eigenvalue weighted by atomic mass is 10.1. The fourth-order valence-corrected chi connectivity index (χ4v) is 6.76. The minimum Gasteiger partial charge on any atom is -0.378 e. The van der Waals surface area contributed by atoms with Gasteiger partial charge in [0.15, 0.2) is 5.82 Å². The third-order valence-electron chi connectivity index (χ3n) is 6.77. The standard InChI is InChI=1S/C25H29N7O3S2/c1-18-4-3-5-19(16-18)20-6-7-32(28-20)25-26-21-17-22(29-8-10-31(11-9-29)37(2,33)34)36-23(21)24(27-25)30-12-14-35-15-13-30/h3-7,16-17H,8-15H2,1-2H3. The number of morpholine rings is 1. The van der Waals surface area contributed by atoms with Crippen molar-refractivity contribution in [1.82, 2.24) is 24.1 Å². The molecule has 0 N–H and O–H groups in total. The first-order chi connectivity index (χ1) is 17.8. The van der Waals surface area contributed by atoms with Crippen LogP contribution in [0.4, 0.5) is 10.8 Å². The number of hydrogen-bond acceptors (Lipinski definition) is 9. The van der Waals surface area contributed by atoms with Gasteiger partial charge in [-0.05, 0) is 25.1 Å². The molecule has 2 saturated heterocycles. The van der Waals surface area contributed by atoms with Crippen molar-refractivity contribution in [1.29, 1.82) is 0 Å². The summed E-state index contributed by atoms with van der Waals surface area (Å²) in [6, 6.07) is 12.3. The topological polar surface area (TPSA) is 96.7 Å². The van der Waals surface area contributed by atoms with Gasteiger partial charge < -0.3 is 14.5 Å². The van der Waals surface area contributed by atoms with Crippen LogP contribution in [0.15, 0.2) is 42.6 Å². The van der Waals surface area contributed by atoms with Gasteiger partial charge in [0, 0.05) is 51.0 Å². The third kappa shape index (κ3) is 4.93. The molecule has 2 fully saturated rings.